The van der Waals surface area contributed by atoms with Crippen molar-refractivity contribution in [1.29, 1.82) is 0 Å². The normalized spacial score (nSPS) is 10.4. The maximum Gasteiger partial charge on any atom is 0.251 e. The summed E-state index contributed by atoms with van der Waals surface area (Å²) in [6, 6.07) is 16.6. The molecule has 2 aromatic carbocycles. The van der Waals surface area contributed by atoms with E-state index >= 15 is 0 Å². The second kappa shape index (κ2) is 8.10. The van der Waals surface area contributed by atoms with Crippen molar-refractivity contribution >= 4 is 21.8 Å². The summed E-state index contributed by atoms with van der Waals surface area (Å²) in [5.41, 5.74) is 1.47. The minimum absolute atomic E-state index is 0.215. The van der Waals surface area contributed by atoms with Crippen LogP contribution in [0.1, 0.15) is 16.1 Å². The fourth-order valence-electron chi connectivity index (χ4n) is 2.49. The Balaban J connectivity index is 1.66. The van der Waals surface area contributed by atoms with Crippen LogP contribution < -0.4 is 14.8 Å². The van der Waals surface area contributed by atoms with E-state index in [2.05, 4.69) is 21.2 Å². The standard InChI is InChI=1S/C20H18BrNO4/c1-24-18-9-5-14(11-19(18)25-2)20(23)22-12-16-8-10-17(26-16)13-3-6-15(21)7-4-13/h3-11H,12H2,1-2H3,(H,22,23). The third-order valence-corrected chi connectivity index (χ3v) is 4.39. The fourth-order valence-corrected chi connectivity index (χ4v) is 2.75. The van der Waals surface area contributed by atoms with Gasteiger partial charge in [-0.1, -0.05) is 28.1 Å². The third-order valence-electron chi connectivity index (χ3n) is 3.86. The summed E-state index contributed by atoms with van der Waals surface area (Å²) >= 11 is 3.41. The van der Waals surface area contributed by atoms with Crippen molar-refractivity contribution in [2.75, 3.05) is 14.2 Å². The van der Waals surface area contributed by atoms with Gasteiger partial charge in [-0.15, -0.1) is 0 Å². The maximum absolute atomic E-state index is 12.3. The zero-order valence-corrected chi connectivity index (χ0v) is 16.0. The lowest BCUT2D eigenvalue weighted by molar-refractivity contribution is 0.0947. The van der Waals surface area contributed by atoms with Crippen molar-refractivity contribution in [2.24, 2.45) is 0 Å². The second-order valence-corrected chi connectivity index (χ2v) is 6.44. The summed E-state index contributed by atoms with van der Waals surface area (Å²) in [5, 5.41) is 2.84. The topological polar surface area (TPSA) is 60.7 Å². The van der Waals surface area contributed by atoms with E-state index < -0.39 is 0 Å². The van der Waals surface area contributed by atoms with Crippen molar-refractivity contribution in [3.05, 3.63) is 70.4 Å². The van der Waals surface area contributed by atoms with Gasteiger partial charge in [0.25, 0.3) is 5.91 Å². The lowest BCUT2D eigenvalue weighted by atomic mass is 10.2. The van der Waals surface area contributed by atoms with Crippen LogP contribution in [0.4, 0.5) is 0 Å². The predicted octanol–water partition coefficient (Wildman–Crippen LogP) is 4.66. The number of amides is 1. The molecule has 0 aliphatic heterocycles. The molecule has 0 spiro atoms. The van der Waals surface area contributed by atoms with Crippen molar-refractivity contribution in [2.45, 2.75) is 6.54 Å². The van der Waals surface area contributed by atoms with Crippen LogP contribution in [0.5, 0.6) is 11.5 Å². The molecule has 0 saturated carbocycles. The number of furan rings is 1. The van der Waals surface area contributed by atoms with Gasteiger partial charge >= 0.3 is 0 Å². The van der Waals surface area contributed by atoms with E-state index in [9.17, 15) is 4.79 Å². The molecule has 0 aliphatic carbocycles. The molecule has 0 saturated heterocycles. The molecule has 6 heteroatoms. The Morgan fingerprint density at radius 2 is 1.73 bits per heavy atom. The highest BCUT2D eigenvalue weighted by molar-refractivity contribution is 9.10. The summed E-state index contributed by atoms with van der Waals surface area (Å²) in [7, 11) is 3.09. The molecule has 1 amide bonds. The molecule has 0 atom stereocenters. The van der Waals surface area contributed by atoms with Crippen LogP contribution in [0.15, 0.2) is 63.5 Å². The van der Waals surface area contributed by atoms with E-state index in [0.29, 0.717) is 29.4 Å². The minimum atomic E-state index is -0.215. The Kier molecular flexibility index (Phi) is 5.63. The minimum Gasteiger partial charge on any atom is -0.493 e. The molecule has 0 fully saturated rings. The molecule has 134 valence electrons. The van der Waals surface area contributed by atoms with E-state index in [1.54, 1.807) is 25.3 Å². The third kappa shape index (κ3) is 4.08. The number of ether oxygens (including phenoxy) is 2. The molecule has 5 nitrogen and oxygen atoms in total. The molecule has 3 rings (SSSR count). The van der Waals surface area contributed by atoms with Crippen molar-refractivity contribution in [3.63, 3.8) is 0 Å². The van der Waals surface area contributed by atoms with Gasteiger partial charge in [-0.3, -0.25) is 4.79 Å². The zero-order valence-electron chi connectivity index (χ0n) is 14.4. The van der Waals surface area contributed by atoms with Crippen LogP contribution >= 0.6 is 15.9 Å². The Morgan fingerprint density at radius 3 is 2.42 bits per heavy atom. The largest absolute Gasteiger partial charge is 0.493 e. The Hall–Kier alpha value is -2.73. The van der Waals surface area contributed by atoms with E-state index in [1.807, 2.05) is 36.4 Å². The molecule has 1 N–H and O–H groups in total. The van der Waals surface area contributed by atoms with Gasteiger partial charge in [0.15, 0.2) is 11.5 Å². The number of benzene rings is 2. The Bertz CT molecular complexity index is 902. The van der Waals surface area contributed by atoms with Gasteiger partial charge < -0.3 is 19.2 Å². The molecule has 0 unspecified atom stereocenters. The number of carbonyl (C=O) groups excluding carboxylic acids is 1. The number of carbonyl (C=O) groups is 1. The van der Waals surface area contributed by atoms with Gasteiger partial charge in [-0.05, 0) is 42.5 Å². The van der Waals surface area contributed by atoms with Gasteiger partial charge in [-0.25, -0.2) is 0 Å². The van der Waals surface area contributed by atoms with Gasteiger partial charge in [-0.2, -0.15) is 0 Å². The van der Waals surface area contributed by atoms with Crippen molar-refractivity contribution in [3.8, 4) is 22.8 Å². The second-order valence-electron chi connectivity index (χ2n) is 5.53. The molecule has 1 aromatic heterocycles. The monoisotopic (exact) mass is 415 g/mol. The molecular formula is C20H18BrNO4. The maximum atomic E-state index is 12.3. The number of methoxy groups -OCH3 is 2. The van der Waals surface area contributed by atoms with Gasteiger partial charge in [0.2, 0.25) is 0 Å². The van der Waals surface area contributed by atoms with Gasteiger partial charge in [0, 0.05) is 15.6 Å². The number of hydrogen-bond donors (Lipinski definition) is 1. The highest BCUT2D eigenvalue weighted by atomic mass is 79.9. The van der Waals surface area contributed by atoms with Crippen molar-refractivity contribution < 1.29 is 18.7 Å². The first-order chi connectivity index (χ1) is 12.6. The first-order valence-corrected chi connectivity index (χ1v) is 8.75. The summed E-state index contributed by atoms with van der Waals surface area (Å²) in [5.74, 6) is 2.31. The first-order valence-electron chi connectivity index (χ1n) is 7.95. The van der Waals surface area contributed by atoms with Crippen LogP contribution in [0.25, 0.3) is 11.3 Å². The highest BCUT2D eigenvalue weighted by Gasteiger charge is 2.12. The average Bonchev–Trinajstić information content (AvgIpc) is 3.15. The number of hydrogen-bond acceptors (Lipinski definition) is 4. The zero-order chi connectivity index (χ0) is 18.5. The van der Waals surface area contributed by atoms with Crippen LogP contribution in [0, 0.1) is 0 Å². The highest BCUT2D eigenvalue weighted by Crippen LogP contribution is 2.27. The first kappa shape index (κ1) is 18.1. The van der Waals surface area contributed by atoms with Crippen LogP contribution in [-0.2, 0) is 6.54 Å². The van der Waals surface area contributed by atoms with Crippen LogP contribution in [0.2, 0.25) is 0 Å². The molecule has 26 heavy (non-hydrogen) atoms. The van der Waals surface area contributed by atoms with Gasteiger partial charge in [0.1, 0.15) is 11.5 Å². The number of rotatable bonds is 6. The molecule has 0 radical (unpaired) electrons. The lowest BCUT2D eigenvalue weighted by Crippen LogP contribution is -2.22. The molecule has 3 aromatic rings. The molecule has 1 heterocycles. The number of nitrogens with one attached hydrogen (secondary N) is 1. The quantitative estimate of drug-likeness (QED) is 0.635. The summed E-state index contributed by atoms with van der Waals surface area (Å²) < 4.78 is 17.2. The molecule has 0 bridgehead atoms. The van der Waals surface area contributed by atoms with E-state index in [0.717, 1.165) is 15.8 Å². The number of halogens is 1. The van der Waals surface area contributed by atoms with E-state index in [4.69, 9.17) is 13.9 Å². The van der Waals surface area contributed by atoms with E-state index in [-0.39, 0.29) is 5.91 Å². The Morgan fingerprint density at radius 1 is 1.00 bits per heavy atom. The fraction of sp³-hybridized carbons (Fsp3) is 0.150. The van der Waals surface area contributed by atoms with Gasteiger partial charge in [0.05, 0.1) is 20.8 Å². The van der Waals surface area contributed by atoms with Crippen molar-refractivity contribution in [1.82, 2.24) is 5.32 Å². The summed E-state index contributed by atoms with van der Waals surface area (Å²) in [6.45, 7) is 0.295. The van der Waals surface area contributed by atoms with Crippen LogP contribution in [0.3, 0.4) is 0 Å². The molecule has 0 aliphatic rings. The molecular weight excluding hydrogens is 398 g/mol. The van der Waals surface area contributed by atoms with Crippen LogP contribution in [-0.4, -0.2) is 20.1 Å². The summed E-state index contributed by atoms with van der Waals surface area (Å²) in [6.07, 6.45) is 0. The lowest BCUT2D eigenvalue weighted by Gasteiger charge is -2.09. The smallest absolute Gasteiger partial charge is 0.251 e. The van der Waals surface area contributed by atoms with E-state index in [1.165, 1.54) is 7.11 Å². The Labute approximate surface area is 160 Å². The summed E-state index contributed by atoms with van der Waals surface area (Å²) in [4.78, 5) is 12.3. The average molecular weight is 416 g/mol. The SMILES string of the molecule is COc1ccc(C(=O)NCc2ccc(-c3ccc(Br)cc3)o2)cc1OC. The predicted molar refractivity (Wildman–Crippen MR) is 103 cm³/mol.